The maximum absolute atomic E-state index is 15.5. The number of piperidine rings is 1. The first kappa shape index (κ1) is 16.4. The number of rotatable bonds is 4. The van der Waals surface area contributed by atoms with E-state index in [-0.39, 0.29) is 31.3 Å². The van der Waals surface area contributed by atoms with Gasteiger partial charge >= 0.3 is 0 Å². The number of alkyl halides is 1. The smallest absolute Gasteiger partial charge is 0.266 e. The van der Waals surface area contributed by atoms with Crippen molar-refractivity contribution in [3.05, 3.63) is 48.9 Å². The summed E-state index contributed by atoms with van der Waals surface area (Å²) in [5, 5.41) is 7.88. The molecule has 1 amide bonds. The number of hydrogen-bond donors (Lipinski definition) is 0. The summed E-state index contributed by atoms with van der Waals surface area (Å²) in [5.74, 6) is 0.0182. The Morgan fingerprint density at radius 1 is 1.31 bits per heavy atom. The summed E-state index contributed by atoms with van der Waals surface area (Å²) >= 11 is 0. The van der Waals surface area contributed by atoms with Crippen LogP contribution in [-0.4, -0.2) is 48.8 Å². The third-order valence-electron chi connectivity index (χ3n) is 4.40. The van der Waals surface area contributed by atoms with E-state index in [0.29, 0.717) is 24.4 Å². The van der Waals surface area contributed by atoms with Crippen molar-refractivity contribution in [2.45, 2.75) is 25.1 Å². The maximum Gasteiger partial charge on any atom is 0.266 e. The second-order valence-electron chi connectivity index (χ2n) is 6.25. The molecule has 0 saturated carbocycles. The van der Waals surface area contributed by atoms with Gasteiger partial charge in [-0.2, -0.15) is 10.1 Å². The molecule has 1 unspecified atom stereocenters. The van der Waals surface area contributed by atoms with Gasteiger partial charge in [-0.25, -0.2) is 4.39 Å². The summed E-state index contributed by atoms with van der Waals surface area (Å²) < 4.78 is 22.2. The second-order valence-corrected chi connectivity index (χ2v) is 6.25. The quantitative estimate of drug-likeness (QED) is 0.708. The van der Waals surface area contributed by atoms with Crippen LogP contribution in [0.2, 0.25) is 0 Å². The lowest BCUT2D eigenvalue weighted by atomic mass is 9.94. The molecule has 0 spiro atoms. The molecule has 1 atom stereocenters. The van der Waals surface area contributed by atoms with Gasteiger partial charge in [-0.15, -0.1) is 0 Å². The predicted molar refractivity (Wildman–Crippen MR) is 88.4 cm³/mol. The number of carbonyl (C=O) groups is 1. The zero-order chi connectivity index (χ0) is 18.0. The molecule has 1 aliphatic heterocycles. The summed E-state index contributed by atoms with van der Waals surface area (Å²) in [4.78, 5) is 22.1. The van der Waals surface area contributed by atoms with Gasteiger partial charge in [0.1, 0.15) is 6.54 Å². The van der Waals surface area contributed by atoms with Gasteiger partial charge in [-0.3, -0.25) is 14.5 Å². The van der Waals surface area contributed by atoms with E-state index in [0.717, 1.165) is 0 Å². The van der Waals surface area contributed by atoms with Gasteiger partial charge < -0.3 is 9.42 Å². The van der Waals surface area contributed by atoms with Crippen LogP contribution in [0.3, 0.4) is 0 Å². The largest absolute Gasteiger partial charge is 0.337 e. The number of likely N-dealkylation sites (tertiary alicyclic amines) is 1. The molecule has 134 valence electrons. The molecule has 0 aliphatic carbocycles. The molecule has 8 nitrogen and oxygen atoms in total. The van der Waals surface area contributed by atoms with E-state index in [2.05, 4.69) is 20.2 Å². The molecule has 1 aliphatic rings. The van der Waals surface area contributed by atoms with Crippen LogP contribution in [0, 0.1) is 0 Å². The third-order valence-corrected chi connectivity index (χ3v) is 4.40. The topological polar surface area (TPSA) is 89.9 Å². The van der Waals surface area contributed by atoms with Crippen LogP contribution in [0.15, 0.2) is 47.5 Å². The van der Waals surface area contributed by atoms with E-state index in [9.17, 15) is 4.79 Å². The fraction of sp³-hybridized carbons (Fsp3) is 0.353. The molecule has 4 heterocycles. The molecule has 1 saturated heterocycles. The maximum atomic E-state index is 15.5. The van der Waals surface area contributed by atoms with E-state index in [1.54, 1.807) is 43.0 Å². The van der Waals surface area contributed by atoms with E-state index >= 15 is 4.39 Å². The zero-order valence-electron chi connectivity index (χ0n) is 14.0. The minimum absolute atomic E-state index is 0.0786. The first-order valence-corrected chi connectivity index (χ1v) is 8.33. The number of hydrogen-bond acceptors (Lipinski definition) is 6. The van der Waals surface area contributed by atoms with Gasteiger partial charge in [0.2, 0.25) is 17.4 Å². The van der Waals surface area contributed by atoms with Crippen molar-refractivity contribution in [1.29, 1.82) is 0 Å². The Kier molecular flexibility index (Phi) is 4.19. The van der Waals surface area contributed by atoms with E-state index in [1.807, 2.05) is 0 Å². The molecular weight excluding hydrogens is 339 g/mol. The normalized spacial score (nSPS) is 20.3. The van der Waals surface area contributed by atoms with Gasteiger partial charge in [-0.1, -0.05) is 5.16 Å². The molecule has 3 aromatic heterocycles. The number of halogens is 1. The van der Waals surface area contributed by atoms with Crippen molar-refractivity contribution in [3.8, 4) is 11.4 Å². The molecule has 9 heteroatoms. The Labute approximate surface area is 148 Å². The highest BCUT2D eigenvalue weighted by molar-refractivity contribution is 5.76. The van der Waals surface area contributed by atoms with E-state index in [1.165, 1.54) is 9.58 Å². The monoisotopic (exact) mass is 356 g/mol. The van der Waals surface area contributed by atoms with Crippen LogP contribution in [0.4, 0.5) is 4.39 Å². The average Bonchev–Trinajstić information content (AvgIpc) is 3.35. The molecule has 3 aromatic rings. The van der Waals surface area contributed by atoms with Crippen LogP contribution in [0.25, 0.3) is 11.4 Å². The van der Waals surface area contributed by atoms with E-state index in [4.69, 9.17) is 4.52 Å². The lowest BCUT2D eigenvalue weighted by Gasteiger charge is -2.35. The molecule has 0 N–H and O–H groups in total. The Morgan fingerprint density at radius 3 is 2.92 bits per heavy atom. The standard InChI is InChI=1S/C17H17FN6O2/c18-17(16-21-15(22-26-16)13-3-7-19-8-4-13)5-1-9-23(12-17)14(25)11-24-10-2-6-20-24/h2-4,6-8,10H,1,5,9,11-12H2. The summed E-state index contributed by atoms with van der Waals surface area (Å²) in [7, 11) is 0. The van der Waals surface area contributed by atoms with Gasteiger partial charge in [0.15, 0.2) is 0 Å². The molecule has 0 aromatic carbocycles. The highest BCUT2D eigenvalue weighted by Gasteiger charge is 2.43. The number of pyridine rings is 1. The molecule has 26 heavy (non-hydrogen) atoms. The first-order valence-electron chi connectivity index (χ1n) is 8.33. The summed E-state index contributed by atoms with van der Waals surface area (Å²) in [6.45, 7) is 0.470. The Morgan fingerprint density at radius 2 is 2.15 bits per heavy atom. The minimum Gasteiger partial charge on any atom is -0.337 e. The van der Waals surface area contributed by atoms with Crippen LogP contribution in [0.1, 0.15) is 18.7 Å². The summed E-state index contributed by atoms with van der Waals surface area (Å²) in [5.41, 5.74) is -1.16. The van der Waals surface area contributed by atoms with Crippen molar-refractivity contribution in [3.63, 3.8) is 0 Å². The summed E-state index contributed by atoms with van der Waals surface area (Å²) in [6.07, 6.45) is 7.26. The van der Waals surface area contributed by atoms with Crippen LogP contribution < -0.4 is 0 Å². The Bertz CT molecular complexity index is 882. The number of carbonyl (C=O) groups excluding carboxylic acids is 1. The van der Waals surface area contributed by atoms with Crippen LogP contribution in [0.5, 0.6) is 0 Å². The molecule has 1 fully saturated rings. The van der Waals surface area contributed by atoms with Gasteiger partial charge in [-0.05, 0) is 31.0 Å². The lowest BCUT2D eigenvalue weighted by Crippen LogP contribution is -2.47. The van der Waals surface area contributed by atoms with Gasteiger partial charge in [0.05, 0.1) is 6.54 Å². The third kappa shape index (κ3) is 3.19. The zero-order valence-corrected chi connectivity index (χ0v) is 14.0. The highest BCUT2D eigenvalue weighted by Crippen LogP contribution is 2.35. The second kappa shape index (κ2) is 6.66. The van der Waals surface area contributed by atoms with Crippen molar-refractivity contribution in [2.75, 3.05) is 13.1 Å². The number of aromatic nitrogens is 5. The highest BCUT2D eigenvalue weighted by atomic mass is 19.1. The van der Waals surface area contributed by atoms with Crippen molar-refractivity contribution in [1.82, 2.24) is 29.8 Å². The van der Waals surface area contributed by atoms with Crippen LogP contribution in [-0.2, 0) is 17.0 Å². The number of nitrogens with zero attached hydrogens (tertiary/aromatic N) is 6. The molecular formula is C17H17FN6O2. The predicted octanol–water partition coefficient (Wildman–Crippen LogP) is 1.82. The van der Waals surface area contributed by atoms with Gasteiger partial charge in [0, 0.05) is 36.9 Å². The van der Waals surface area contributed by atoms with Crippen molar-refractivity contribution >= 4 is 5.91 Å². The Balaban J connectivity index is 1.51. The summed E-state index contributed by atoms with van der Waals surface area (Å²) in [6, 6.07) is 5.18. The van der Waals surface area contributed by atoms with Crippen molar-refractivity contribution < 1.29 is 13.7 Å². The number of amides is 1. The SMILES string of the molecule is O=C(Cn1cccn1)N1CCCC(F)(c2nc(-c3ccncc3)no2)C1. The van der Waals surface area contributed by atoms with Crippen LogP contribution >= 0.6 is 0 Å². The first-order chi connectivity index (χ1) is 12.6. The minimum atomic E-state index is -1.85. The molecule has 0 radical (unpaired) electrons. The van der Waals surface area contributed by atoms with Crippen molar-refractivity contribution in [2.24, 2.45) is 0 Å². The van der Waals surface area contributed by atoms with E-state index < -0.39 is 5.67 Å². The average molecular weight is 356 g/mol. The fourth-order valence-electron chi connectivity index (χ4n) is 3.05. The molecule has 0 bridgehead atoms. The Hall–Kier alpha value is -3.10. The lowest BCUT2D eigenvalue weighted by molar-refractivity contribution is -0.137. The van der Waals surface area contributed by atoms with Gasteiger partial charge in [0.25, 0.3) is 5.89 Å². The fourth-order valence-corrected chi connectivity index (χ4v) is 3.05. The molecule has 4 rings (SSSR count).